The van der Waals surface area contributed by atoms with E-state index in [0.29, 0.717) is 11.4 Å². The van der Waals surface area contributed by atoms with Crippen LogP contribution in [0.25, 0.3) is 0 Å². The van der Waals surface area contributed by atoms with E-state index in [4.69, 9.17) is 4.74 Å². The third-order valence-corrected chi connectivity index (χ3v) is 6.06. The minimum Gasteiger partial charge on any atom is -0.497 e. The first kappa shape index (κ1) is 23.4. The zero-order valence-electron chi connectivity index (χ0n) is 17.5. The van der Waals surface area contributed by atoms with Crippen molar-refractivity contribution in [3.8, 4) is 5.75 Å². The van der Waals surface area contributed by atoms with Gasteiger partial charge in [-0.3, -0.25) is 9.59 Å². The molecule has 0 saturated heterocycles. The summed E-state index contributed by atoms with van der Waals surface area (Å²) in [5.41, 5.74) is 1.68. The summed E-state index contributed by atoms with van der Waals surface area (Å²) in [5.74, 6) is -0.364. The maximum atomic E-state index is 12.6. The molecule has 1 atom stereocenters. The van der Waals surface area contributed by atoms with Crippen molar-refractivity contribution in [3.05, 3.63) is 54.1 Å². The molecule has 0 aliphatic rings. The first-order chi connectivity index (χ1) is 14.2. The summed E-state index contributed by atoms with van der Waals surface area (Å²) in [5, 5.41) is 2.79. The van der Waals surface area contributed by atoms with E-state index in [-0.39, 0.29) is 17.3 Å². The number of nitrogens with zero attached hydrogens (tertiary/aromatic N) is 1. The van der Waals surface area contributed by atoms with Crippen LogP contribution < -0.4 is 14.8 Å². The van der Waals surface area contributed by atoms with Crippen molar-refractivity contribution < 1.29 is 22.7 Å². The molecule has 0 aliphatic heterocycles. The van der Waals surface area contributed by atoms with Crippen molar-refractivity contribution in [1.82, 2.24) is 9.62 Å². The van der Waals surface area contributed by atoms with Crippen LogP contribution in [0.1, 0.15) is 19.4 Å². The van der Waals surface area contributed by atoms with Crippen LogP contribution in [0.3, 0.4) is 0 Å². The number of sulfonamides is 1. The summed E-state index contributed by atoms with van der Waals surface area (Å²) in [6.07, 6.45) is 0.759. The van der Waals surface area contributed by atoms with Crippen LogP contribution in [0.2, 0.25) is 0 Å². The number of rotatable bonds is 9. The lowest BCUT2D eigenvalue weighted by atomic mass is 10.1. The smallest absolute Gasteiger partial charge is 0.243 e. The van der Waals surface area contributed by atoms with Gasteiger partial charge in [-0.1, -0.05) is 25.1 Å². The number of benzene rings is 2. The van der Waals surface area contributed by atoms with Gasteiger partial charge in [0.15, 0.2) is 0 Å². The van der Waals surface area contributed by atoms with Crippen LogP contribution in [0.4, 0.5) is 5.69 Å². The molecule has 0 saturated carbocycles. The molecule has 0 heterocycles. The first-order valence-corrected chi connectivity index (χ1v) is 11.0. The van der Waals surface area contributed by atoms with E-state index in [1.807, 2.05) is 25.1 Å². The second kappa shape index (κ2) is 10.2. The second-order valence-electron chi connectivity index (χ2n) is 6.77. The molecule has 0 bridgehead atoms. The largest absolute Gasteiger partial charge is 0.497 e. The van der Waals surface area contributed by atoms with Gasteiger partial charge in [0.1, 0.15) is 5.75 Å². The highest BCUT2D eigenvalue weighted by atomic mass is 32.2. The fourth-order valence-electron chi connectivity index (χ4n) is 2.87. The van der Waals surface area contributed by atoms with Crippen molar-refractivity contribution in [2.75, 3.05) is 26.0 Å². The van der Waals surface area contributed by atoms with Crippen LogP contribution in [0.15, 0.2) is 53.4 Å². The van der Waals surface area contributed by atoms with E-state index in [1.54, 1.807) is 6.07 Å². The van der Waals surface area contributed by atoms with E-state index >= 15 is 0 Å². The molecule has 2 N–H and O–H groups in total. The SMILES string of the molecule is CCc1ccccc1NC(=O)CN(C)C(=O)[C@H](C)NS(=O)(=O)c1ccc(OC)cc1. The van der Waals surface area contributed by atoms with Crippen molar-refractivity contribution >= 4 is 27.5 Å². The summed E-state index contributed by atoms with van der Waals surface area (Å²) < 4.78 is 32.4. The number of carbonyl (C=O) groups excluding carboxylic acids is 2. The summed E-state index contributed by atoms with van der Waals surface area (Å²) in [6.45, 7) is 3.22. The van der Waals surface area contributed by atoms with Crippen molar-refractivity contribution in [2.45, 2.75) is 31.2 Å². The van der Waals surface area contributed by atoms with E-state index in [0.717, 1.165) is 12.0 Å². The van der Waals surface area contributed by atoms with Gasteiger partial charge in [-0.15, -0.1) is 0 Å². The zero-order valence-corrected chi connectivity index (χ0v) is 18.3. The second-order valence-corrected chi connectivity index (χ2v) is 8.49. The predicted molar refractivity (Wildman–Crippen MR) is 115 cm³/mol. The molecule has 162 valence electrons. The fraction of sp³-hybridized carbons (Fsp3) is 0.333. The molecule has 0 radical (unpaired) electrons. The number of likely N-dealkylation sites (N-methyl/N-ethyl adjacent to an activating group) is 1. The molecule has 0 fully saturated rings. The Kier molecular flexibility index (Phi) is 7.96. The average Bonchev–Trinajstić information content (AvgIpc) is 2.73. The van der Waals surface area contributed by atoms with Crippen LogP contribution >= 0.6 is 0 Å². The van der Waals surface area contributed by atoms with Gasteiger partial charge in [-0.2, -0.15) is 4.72 Å². The van der Waals surface area contributed by atoms with Crippen molar-refractivity contribution in [3.63, 3.8) is 0 Å². The third-order valence-electron chi connectivity index (χ3n) is 4.50. The number of ether oxygens (including phenoxy) is 1. The van der Waals surface area contributed by atoms with Crippen LogP contribution in [0.5, 0.6) is 5.75 Å². The van der Waals surface area contributed by atoms with E-state index in [9.17, 15) is 18.0 Å². The number of anilines is 1. The normalized spacial score (nSPS) is 12.1. The molecule has 0 unspecified atom stereocenters. The van der Waals surface area contributed by atoms with Crippen LogP contribution in [-0.4, -0.2) is 51.9 Å². The highest BCUT2D eigenvalue weighted by Crippen LogP contribution is 2.17. The predicted octanol–water partition coefficient (Wildman–Crippen LogP) is 2.02. The van der Waals surface area contributed by atoms with Gasteiger partial charge in [-0.25, -0.2) is 8.42 Å². The van der Waals surface area contributed by atoms with Crippen LogP contribution in [-0.2, 0) is 26.0 Å². The molecule has 8 nitrogen and oxygen atoms in total. The van der Waals surface area contributed by atoms with Gasteiger partial charge >= 0.3 is 0 Å². The van der Waals surface area contributed by atoms with E-state index in [2.05, 4.69) is 10.0 Å². The molecule has 0 spiro atoms. The molecule has 2 aromatic rings. The number of amides is 2. The molecule has 30 heavy (non-hydrogen) atoms. The van der Waals surface area contributed by atoms with Gasteiger partial charge in [0.05, 0.1) is 24.6 Å². The van der Waals surface area contributed by atoms with Gasteiger partial charge in [0.25, 0.3) is 0 Å². The quantitative estimate of drug-likeness (QED) is 0.630. The molecular weight excluding hydrogens is 406 g/mol. The minimum atomic E-state index is -3.90. The van der Waals surface area contributed by atoms with E-state index < -0.39 is 22.0 Å². The number of hydrogen-bond acceptors (Lipinski definition) is 5. The highest BCUT2D eigenvalue weighted by Gasteiger charge is 2.25. The number of hydrogen-bond donors (Lipinski definition) is 2. The summed E-state index contributed by atoms with van der Waals surface area (Å²) >= 11 is 0. The molecule has 0 aromatic heterocycles. The molecular formula is C21H27N3O5S. The maximum Gasteiger partial charge on any atom is 0.243 e. The number of methoxy groups -OCH3 is 1. The van der Waals surface area contributed by atoms with Gasteiger partial charge in [0.2, 0.25) is 21.8 Å². The lowest BCUT2D eigenvalue weighted by molar-refractivity contribution is -0.134. The topological polar surface area (TPSA) is 105 Å². The Hall–Kier alpha value is -2.91. The Balaban J connectivity index is 1.98. The van der Waals surface area contributed by atoms with E-state index in [1.165, 1.54) is 50.2 Å². The zero-order chi connectivity index (χ0) is 22.3. The van der Waals surface area contributed by atoms with Gasteiger partial charge in [-0.05, 0) is 49.2 Å². The molecule has 2 amide bonds. The van der Waals surface area contributed by atoms with Gasteiger partial charge < -0.3 is 15.0 Å². The number of carbonyl (C=O) groups is 2. The Bertz CT molecular complexity index is 990. The Morgan fingerprint density at radius 1 is 1.10 bits per heavy atom. The summed E-state index contributed by atoms with van der Waals surface area (Å²) in [4.78, 5) is 26.1. The van der Waals surface area contributed by atoms with Gasteiger partial charge in [0, 0.05) is 12.7 Å². The number of nitrogens with one attached hydrogen (secondary N) is 2. The third kappa shape index (κ3) is 6.04. The highest BCUT2D eigenvalue weighted by molar-refractivity contribution is 7.89. The van der Waals surface area contributed by atoms with Crippen LogP contribution in [0, 0.1) is 0 Å². The Morgan fingerprint density at radius 2 is 1.73 bits per heavy atom. The molecule has 2 rings (SSSR count). The van der Waals surface area contributed by atoms with Crippen molar-refractivity contribution in [2.24, 2.45) is 0 Å². The molecule has 2 aromatic carbocycles. The summed E-state index contributed by atoms with van der Waals surface area (Å²) in [7, 11) is -0.971. The molecule has 0 aliphatic carbocycles. The first-order valence-electron chi connectivity index (χ1n) is 9.47. The maximum absolute atomic E-state index is 12.6. The monoisotopic (exact) mass is 433 g/mol. The lowest BCUT2D eigenvalue weighted by Crippen LogP contribution is -2.47. The van der Waals surface area contributed by atoms with Crippen molar-refractivity contribution in [1.29, 1.82) is 0 Å². The Labute approximate surface area is 177 Å². The molecule has 9 heteroatoms. The Morgan fingerprint density at radius 3 is 2.33 bits per heavy atom. The minimum absolute atomic E-state index is 0.0134. The average molecular weight is 434 g/mol. The number of para-hydroxylation sites is 1. The fourth-order valence-corrected chi connectivity index (χ4v) is 4.07. The standard InChI is InChI=1S/C21H27N3O5S/c1-5-16-8-6-7-9-19(16)22-20(25)14-24(3)21(26)15(2)23-30(27,28)18-12-10-17(29-4)11-13-18/h6-13,15,23H,5,14H2,1-4H3,(H,22,25)/t15-/m0/s1. The summed E-state index contributed by atoms with van der Waals surface area (Å²) in [6, 6.07) is 12.2. The number of aryl methyl sites for hydroxylation is 1. The lowest BCUT2D eigenvalue weighted by Gasteiger charge is -2.22.